The molecule has 0 bridgehead atoms. The van der Waals surface area contributed by atoms with Crippen LogP contribution < -0.4 is 10.6 Å². The van der Waals surface area contributed by atoms with Crippen LogP contribution in [0.3, 0.4) is 0 Å². The van der Waals surface area contributed by atoms with Crippen molar-refractivity contribution in [3.8, 4) is 0 Å². The van der Waals surface area contributed by atoms with Gasteiger partial charge in [-0.25, -0.2) is 9.97 Å². The summed E-state index contributed by atoms with van der Waals surface area (Å²) in [5.74, 6) is 0.777. The van der Waals surface area contributed by atoms with Gasteiger partial charge < -0.3 is 10.6 Å². The van der Waals surface area contributed by atoms with Gasteiger partial charge in [0.1, 0.15) is 0 Å². The first-order valence-corrected chi connectivity index (χ1v) is 6.59. The molecule has 0 aliphatic carbocycles. The molecule has 1 aromatic heterocycles. The van der Waals surface area contributed by atoms with E-state index in [0.717, 1.165) is 30.9 Å². The highest BCUT2D eigenvalue weighted by atomic mass is 15.2. The van der Waals surface area contributed by atoms with Crippen molar-refractivity contribution in [3.05, 3.63) is 18.0 Å². The zero-order valence-corrected chi connectivity index (χ0v) is 12.3. The van der Waals surface area contributed by atoms with E-state index >= 15 is 0 Å². The second-order valence-electron chi connectivity index (χ2n) is 6.18. The topological polar surface area (TPSA) is 55.0 Å². The third kappa shape index (κ3) is 5.00. The van der Waals surface area contributed by atoms with Crippen LogP contribution in [0.5, 0.6) is 0 Å². The third-order valence-corrected chi connectivity index (χ3v) is 2.77. The van der Waals surface area contributed by atoms with Crippen molar-refractivity contribution < 1.29 is 0 Å². The highest BCUT2D eigenvalue weighted by Gasteiger charge is 2.15. The van der Waals surface area contributed by atoms with Crippen molar-refractivity contribution in [2.75, 3.05) is 18.5 Å². The first kappa shape index (κ1) is 14.9. The van der Waals surface area contributed by atoms with E-state index in [1.807, 2.05) is 19.4 Å². The highest BCUT2D eigenvalue weighted by molar-refractivity contribution is 5.28. The van der Waals surface area contributed by atoms with Gasteiger partial charge >= 0.3 is 0 Å². The van der Waals surface area contributed by atoms with E-state index in [2.05, 4.69) is 42.6 Å². The van der Waals surface area contributed by atoms with Gasteiger partial charge in [-0.15, -0.1) is 0 Å². The normalized spacial score (nSPS) is 13.4. The number of nitrogens with zero attached hydrogens (tertiary/aromatic N) is 3. The molecule has 1 atom stereocenters. The van der Waals surface area contributed by atoms with Gasteiger partial charge in [0.05, 0.1) is 0 Å². The van der Waals surface area contributed by atoms with Crippen molar-refractivity contribution in [2.45, 2.75) is 46.6 Å². The van der Waals surface area contributed by atoms with Crippen molar-refractivity contribution in [1.29, 1.82) is 0 Å². The molecule has 1 unspecified atom stereocenters. The molecular weight excluding hydrogens is 224 g/mol. The van der Waals surface area contributed by atoms with Crippen LogP contribution in [0.15, 0.2) is 12.4 Å². The van der Waals surface area contributed by atoms with Crippen LogP contribution in [0, 0.1) is 5.41 Å². The molecule has 0 saturated carbocycles. The van der Waals surface area contributed by atoms with Crippen LogP contribution in [0.1, 0.15) is 39.7 Å². The molecular formula is C14H26N4. The van der Waals surface area contributed by atoms with E-state index < -0.39 is 0 Å². The fourth-order valence-electron chi connectivity index (χ4n) is 1.88. The minimum Gasteiger partial charge on any atom is -0.343 e. The Morgan fingerprint density at radius 3 is 2.28 bits per heavy atom. The molecule has 0 fully saturated rings. The van der Waals surface area contributed by atoms with Crippen LogP contribution in [-0.2, 0) is 6.42 Å². The molecule has 0 saturated heterocycles. The average Bonchev–Trinajstić information content (AvgIpc) is 2.27. The van der Waals surface area contributed by atoms with E-state index in [1.165, 1.54) is 0 Å². The molecule has 1 heterocycles. The van der Waals surface area contributed by atoms with Crippen LogP contribution in [0.2, 0.25) is 0 Å². The van der Waals surface area contributed by atoms with Gasteiger partial charge in [-0.3, -0.25) is 0 Å². The Morgan fingerprint density at radius 1 is 1.28 bits per heavy atom. The molecule has 0 radical (unpaired) electrons. The van der Waals surface area contributed by atoms with Crippen molar-refractivity contribution >= 4 is 5.95 Å². The molecule has 0 amide bonds. The number of rotatable bonds is 5. The maximum Gasteiger partial charge on any atom is 0.225 e. The summed E-state index contributed by atoms with van der Waals surface area (Å²) < 4.78 is 0. The van der Waals surface area contributed by atoms with E-state index in [-0.39, 0.29) is 11.5 Å². The molecule has 0 aromatic carbocycles. The van der Waals surface area contributed by atoms with Crippen molar-refractivity contribution in [3.63, 3.8) is 0 Å². The number of aromatic nitrogens is 2. The van der Waals surface area contributed by atoms with Gasteiger partial charge in [0, 0.05) is 32.0 Å². The standard InChI is InChI=1S/C14H26N4/c1-6-12(15)7-11-8-16-13(17-9-11)18(5)10-14(2,3)4/h8-9,12H,6-7,10,15H2,1-5H3. The molecule has 18 heavy (non-hydrogen) atoms. The summed E-state index contributed by atoms with van der Waals surface area (Å²) in [6.07, 6.45) is 5.60. The van der Waals surface area contributed by atoms with E-state index in [4.69, 9.17) is 5.73 Å². The lowest BCUT2D eigenvalue weighted by Crippen LogP contribution is -2.30. The predicted molar refractivity (Wildman–Crippen MR) is 76.7 cm³/mol. The third-order valence-electron chi connectivity index (χ3n) is 2.77. The number of nitrogens with two attached hydrogens (primary N) is 1. The summed E-state index contributed by atoms with van der Waals surface area (Å²) in [6.45, 7) is 9.65. The quantitative estimate of drug-likeness (QED) is 0.870. The monoisotopic (exact) mass is 250 g/mol. The lowest BCUT2D eigenvalue weighted by Gasteiger charge is -2.26. The molecule has 102 valence electrons. The SMILES string of the molecule is CCC(N)Cc1cnc(N(C)CC(C)(C)C)nc1. The molecule has 1 aromatic rings. The van der Waals surface area contributed by atoms with Crippen LogP contribution in [0.4, 0.5) is 5.95 Å². The largest absolute Gasteiger partial charge is 0.343 e. The van der Waals surface area contributed by atoms with E-state index in [1.54, 1.807) is 0 Å². The van der Waals surface area contributed by atoms with Gasteiger partial charge in [-0.1, -0.05) is 27.7 Å². The molecule has 2 N–H and O–H groups in total. The molecule has 0 aliphatic rings. The molecule has 4 heteroatoms. The van der Waals surface area contributed by atoms with Gasteiger partial charge in [0.2, 0.25) is 5.95 Å². The second kappa shape index (κ2) is 6.14. The van der Waals surface area contributed by atoms with E-state index in [9.17, 15) is 0 Å². The molecule has 0 aliphatic heterocycles. The van der Waals surface area contributed by atoms with Gasteiger partial charge in [0.25, 0.3) is 0 Å². The van der Waals surface area contributed by atoms with Crippen molar-refractivity contribution in [1.82, 2.24) is 9.97 Å². The highest BCUT2D eigenvalue weighted by Crippen LogP contribution is 2.17. The summed E-state index contributed by atoms with van der Waals surface area (Å²) in [5, 5.41) is 0. The maximum absolute atomic E-state index is 5.92. The van der Waals surface area contributed by atoms with Gasteiger partial charge in [-0.05, 0) is 23.8 Å². The summed E-state index contributed by atoms with van der Waals surface area (Å²) >= 11 is 0. The zero-order chi connectivity index (χ0) is 13.8. The smallest absolute Gasteiger partial charge is 0.225 e. The maximum atomic E-state index is 5.92. The Balaban J connectivity index is 2.65. The van der Waals surface area contributed by atoms with Crippen molar-refractivity contribution in [2.24, 2.45) is 11.1 Å². The summed E-state index contributed by atoms with van der Waals surface area (Å²) in [6, 6.07) is 0.201. The van der Waals surface area contributed by atoms with Crippen LogP contribution in [-0.4, -0.2) is 29.6 Å². The first-order valence-electron chi connectivity index (χ1n) is 6.59. The van der Waals surface area contributed by atoms with E-state index in [0.29, 0.717) is 0 Å². The fourth-order valence-corrected chi connectivity index (χ4v) is 1.88. The number of hydrogen-bond acceptors (Lipinski definition) is 4. The summed E-state index contributed by atoms with van der Waals surface area (Å²) in [5.41, 5.74) is 7.27. The first-order chi connectivity index (χ1) is 8.31. The molecule has 4 nitrogen and oxygen atoms in total. The predicted octanol–water partition coefficient (Wildman–Crippen LogP) is 2.24. The number of hydrogen-bond donors (Lipinski definition) is 1. The van der Waals surface area contributed by atoms with Crippen LogP contribution in [0.25, 0.3) is 0 Å². The second-order valence-corrected chi connectivity index (χ2v) is 6.18. The molecule has 1 rings (SSSR count). The zero-order valence-electron chi connectivity index (χ0n) is 12.3. The lowest BCUT2D eigenvalue weighted by molar-refractivity contribution is 0.416. The summed E-state index contributed by atoms with van der Waals surface area (Å²) in [7, 11) is 2.03. The van der Waals surface area contributed by atoms with Crippen LogP contribution >= 0.6 is 0 Å². The Bertz CT molecular complexity index is 353. The minimum absolute atomic E-state index is 0.201. The Hall–Kier alpha value is -1.16. The number of anilines is 1. The lowest BCUT2D eigenvalue weighted by atomic mass is 9.96. The molecule has 0 spiro atoms. The van der Waals surface area contributed by atoms with Gasteiger partial charge in [-0.2, -0.15) is 0 Å². The Kier molecular flexibility index (Phi) is 5.08. The fraction of sp³-hybridized carbons (Fsp3) is 0.714. The average molecular weight is 250 g/mol. The summed E-state index contributed by atoms with van der Waals surface area (Å²) in [4.78, 5) is 10.9. The Labute approximate surface area is 111 Å². The minimum atomic E-state index is 0.201. The van der Waals surface area contributed by atoms with Gasteiger partial charge in [0.15, 0.2) is 0 Å². The Morgan fingerprint density at radius 2 is 1.83 bits per heavy atom.